The quantitative estimate of drug-likeness (QED) is 0.608. The minimum Gasteiger partial charge on any atom is -0.383 e. The number of carbonyl (C=O) groups is 1. The van der Waals surface area contributed by atoms with Gasteiger partial charge in [0.25, 0.3) is 5.91 Å². The molecule has 1 unspecified atom stereocenters. The van der Waals surface area contributed by atoms with E-state index in [9.17, 15) is 9.18 Å². The van der Waals surface area contributed by atoms with Crippen LogP contribution in [0.3, 0.4) is 0 Å². The first-order valence-electron chi connectivity index (χ1n) is 9.55. The zero-order chi connectivity index (χ0) is 21.0. The number of carbonyl (C=O) groups excluding carboxylic acids is 1. The van der Waals surface area contributed by atoms with Crippen LogP contribution in [0.5, 0.6) is 0 Å². The van der Waals surface area contributed by atoms with Crippen molar-refractivity contribution < 1.29 is 18.7 Å². The van der Waals surface area contributed by atoms with Crippen molar-refractivity contribution in [3.8, 4) is 0 Å². The molecule has 0 spiro atoms. The monoisotopic (exact) mass is 471 g/mol. The van der Waals surface area contributed by atoms with Gasteiger partial charge < -0.3 is 20.1 Å². The van der Waals surface area contributed by atoms with E-state index >= 15 is 0 Å². The molecule has 0 fully saturated rings. The summed E-state index contributed by atoms with van der Waals surface area (Å²) in [6, 6.07) is 8.43. The van der Waals surface area contributed by atoms with Crippen LogP contribution in [0.1, 0.15) is 38.7 Å². The molecule has 2 aliphatic rings. The molecule has 2 aliphatic heterocycles. The second-order valence-corrected chi connectivity index (χ2v) is 8.50. The van der Waals surface area contributed by atoms with Gasteiger partial charge >= 0.3 is 0 Å². The molecule has 1 aromatic heterocycles. The maximum Gasteiger partial charge on any atom is 0.257 e. The van der Waals surface area contributed by atoms with Crippen LogP contribution < -0.4 is 5.73 Å². The molecule has 8 heteroatoms. The number of hydrogen-bond acceptors (Lipinski definition) is 5. The number of anilines is 1. The molecule has 5 rings (SSSR count). The smallest absolute Gasteiger partial charge is 0.257 e. The number of benzene rings is 2. The van der Waals surface area contributed by atoms with Crippen molar-refractivity contribution in [2.24, 2.45) is 0 Å². The fraction of sp³-hybridized carbons (Fsp3) is 0.273. The molecule has 0 radical (unpaired) electrons. The highest BCUT2D eigenvalue weighted by atomic mass is 79.9. The molecular formula is C22H19BrFN3O3. The van der Waals surface area contributed by atoms with Gasteiger partial charge in [0, 0.05) is 28.5 Å². The van der Waals surface area contributed by atoms with Crippen LogP contribution in [0.2, 0.25) is 0 Å². The Morgan fingerprint density at radius 2 is 2.00 bits per heavy atom. The molecule has 154 valence electrons. The molecule has 0 saturated heterocycles. The van der Waals surface area contributed by atoms with E-state index in [1.165, 1.54) is 11.0 Å². The summed E-state index contributed by atoms with van der Waals surface area (Å²) in [6.45, 7) is 1.58. The van der Waals surface area contributed by atoms with E-state index in [2.05, 4.69) is 20.9 Å². The van der Waals surface area contributed by atoms with Gasteiger partial charge in [-0.05, 0) is 34.9 Å². The Morgan fingerprint density at radius 3 is 2.83 bits per heavy atom. The Kier molecular flexibility index (Phi) is 4.72. The second-order valence-electron chi connectivity index (χ2n) is 7.59. The normalized spacial score (nSPS) is 17.6. The number of aromatic nitrogens is 1. The average molecular weight is 472 g/mol. The third-order valence-electron chi connectivity index (χ3n) is 5.83. The van der Waals surface area contributed by atoms with E-state index in [0.29, 0.717) is 43.1 Å². The van der Waals surface area contributed by atoms with Gasteiger partial charge in [-0.1, -0.05) is 22.0 Å². The molecule has 1 atom stereocenters. The van der Waals surface area contributed by atoms with Crippen molar-refractivity contribution in [1.29, 1.82) is 0 Å². The summed E-state index contributed by atoms with van der Waals surface area (Å²) in [7, 11) is 1.67. The topological polar surface area (TPSA) is 77.7 Å². The van der Waals surface area contributed by atoms with E-state index < -0.39 is 11.7 Å². The van der Waals surface area contributed by atoms with Crippen LogP contribution in [0.4, 0.5) is 10.2 Å². The Bertz CT molecular complexity index is 1200. The van der Waals surface area contributed by atoms with Gasteiger partial charge in [0.1, 0.15) is 11.6 Å². The number of pyridine rings is 1. The number of nitrogens with two attached hydrogens (primary N) is 1. The van der Waals surface area contributed by atoms with Crippen molar-refractivity contribution in [3.63, 3.8) is 0 Å². The van der Waals surface area contributed by atoms with Gasteiger partial charge in [0.15, 0.2) is 0 Å². The van der Waals surface area contributed by atoms with Crippen LogP contribution in [-0.4, -0.2) is 29.4 Å². The molecule has 2 N–H and O–H groups in total. The summed E-state index contributed by atoms with van der Waals surface area (Å²) in [4.78, 5) is 19.1. The minimum atomic E-state index is -0.627. The maximum absolute atomic E-state index is 14.9. The standard InChI is InChI=1S/C22H19BrFN3O3/c1-27(20-10-29-7-11-4-12(23)2-3-13(11)20)22(28)15-5-14-16-8-30-9-17(16)21(25)26-19(14)6-18(15)24/h2-6,20H,7-10H2,1H3,(H2,25,26). The van der Waals surface area contributed by atoms with E-state index in [1.54, 1.807) is 13.1 Å². The predicted molar refractivity (Wildman–Crippen MR) is 113 cm³/mol. The molecular weight excluding hydrogens is 453 g/mol. The Balaban J connectivity index is 1.55. The number of ether oxygens (including phenoxy) is 2. The molecule has 30 heavy (non-hydrogen) atoms. The summed E-state index contributed by atoms with van der Waals surface area (Å²) in [5.41, 5.74) is 10.1. The number of amides is 1. The highest BCUT2D eigenvalue weighted by Crippen LogP contribution is 2.35. The van der Waals surface area contributed by atoms with E-state index in [1.807, 2.05) is 18.2 Å². The van der Waals surface area contributed by atoms with Crippen molar-refractivity contribution >= 4 is 38.6 Å². The Hall–Kier alpha value is -2.55. The molecule has 2 aromatic carbocycles. The fourth-order valence-electron chi connectivity index (χ4n) is 4.20. The lowest BCUT2D eigenvalue weighted by Gasteiger charge is -2.33. The van der Waals surface area contributed by atoms with Crippen LogP contribution in [0.15, 0.2) is 34.8 Å². The van der Waals surface area contributed by atoms with Crippen molar-refractivity contribution in [2.45, 2.75) is 25.9 Å². The van der Waals surface area contributed by atoms with Gasteiger partial charge in [0.2, 0.25) is 0 Å². The third-order valence-corrected chi connectivity index (χ3v) is 6.33. The molecule has 3 aromatic rings. The largest absolute Gasteiger partial charge is 0.383 e. The van der Waals surface area contributed by atoms with Crippen LogP contribution in [0.25, 0.3) is 10.9 Å². The summed E-state index contributed by atoms with van der Waals surface area (Å²) in [5, 5.41) is 0.694. The summed E-state index contributed by atoms with van der Waals surface area (Å²) in [6.07, 6.45) is 0. The van der Waals surface area contributed by atoms with Gasteiger partial charge in [-0.2, -0.15) is 0 Å². The lowest BCUT2D eigenvalue weighted by molar-refractivity contribution is 0.0343. The number of nitrogen functional groups attached to an aromatic ring is 1. The number of fused-ring (bicyclic) bond motifs is 4. The second kappa shape index (κ2) is 7.30. The summed E-state index contributed by atoms with van der Waals surface area (Å²) >= 11 is 3.46. The molecule has 3 heterocycles. The number of hydrogen-bond donors (Lipinski definition) is 1. The Morgan fingerprint density at radius 1 is 1.20 bits per heavy atom. The molecule has 6 nitrogen and oxygen atoms in total. The van der Waals surface area contributed by atoms with Crippen molar-refractivity contribution in [3.05, 3.63) is 68.4 Å². The first-order chi connectivity index (χ1) is 14.4. The number of halogens is 2. The fourth-order valence-corrected chi connectivity index (χ4v) is 4.61. The Labute approximate surface area is 180 Å². The first kappa shape index (κ1) is 19.4. The number of nitrogens with zero attached hydrogens (tertiary/aromatic N) is 2. The lowest BCUT2D eigenvalue weighted by Crippen LogP contribution is -2.36. The summed E-state index contributed by atoms with van der Waals surface area (Å²) < 4.78 is 27.1. The number of rotatable bonds is 2. The zero-order valence-corrected chi connectivity index (χ0v) is 17.8. The zero-order valence-electron chi connectivity index (χ0n) is 16.2. The van der Waals surface area contributed by atoms with Gasteiger partial charge in [-0.25, -0.2) is 9.37 Å². The van der Waals surface area contributed by atoms with Crippen LogP contribution in [0, 0.1) is 5.82 Å². The average Bonchev–Trinajstić information content (AvgIpc) is 3.22. The van der Waals surface area contributed by atoms with E-state index in [-0.39, 0.29) is 11.6 Å². The first-order valence-corrected chi connectivity index (χ1v) is 10.3. The predicted octanol–water partition coefficient (Wildman–Crippen LogP) is 4.09. The highest BCUT2D eigenvalue weighted by Gasteiger charge is 2.30. The SMILES string of the molecule is CN(C(=O)c1cc2c3c(c(N)nc2cc1F)COC3)C1COCc2cc(Br)ccc21. The van der Waals surface area contributed by atoms with Crippen molar-refractivity contribution in [2.75, 3.05) is 19.4 Å². The van der Waals surface area contributed by atoms with Crippen molar-refractivity contribution in [1.82, 2.24) is 9.88 Å². The molecule has 0 aliphatic carbocycles. The molecule has 1 amide bonds. The van der Waals surface area contributed by atoms with Gasteiger partial charge in [0.05, 0.1) is 43.5 Å². The highest BCUT2D eigenvalue weighted by molar-refractivity contribution is 9.10. The molecule has 0 saturated carbocycles. The molecule has 0 bridgehead atoms. The number of likely N-dealkylation sites (N-methyl/N-ethyl adjacent to an activating group) is 1. The van der Waals surface area contributed by atoms with Crippen LogP contribution in [-0.2, 0) is 29.3 Å². The van der Waals surface area contributed by atoms with E-state index in [4.69, 9.17) is 15.2 Å². The van der Waals surface area contributed by atoms with Crippen LogP contribution >= 0.6 is 15.9 Å². The van der Waals surface area contributed by atoms with Gasteiger partial charge in [-0.3, -0.25) is 4.79 Å². The summed E-state index contributed by atoms with van der Waals surface area (Å²) in [5.74, 6) is -0.700. The lowest BCUT2D eigenvalue weighted by atomic mass is 9.97. The van der Waals surface area contributed by atoms with E-state index in [0.717, 1.165) is 26.7 Å². The van der Waals surface area contributed by atoms with Gasteiger partial charge in [-0.15, -0.1) is 0 Å². The third kappa shape index (κ3) is 3.07. The maximum atomic E-state index is 14.9. The minimum absolute atomic E-state index is 0.00472.